The van der Waals surface area contributed by atoms with Crippen molar-refractivity contribution in [3.63, 3.8) is 0 Å². The molecular weight excluding hydrogens is 282 g/mol. The van der Waals surface area contributed by atoms with Crippen molar-refractivity contribution in [1.82, 2.24) is 15.3 Å². The molecule has 0 saturated heterocycles. The number of thiazole rings is 1. The molecule has 2 N–H and O–H groups in total. The van der Waals surface area contributed by atoms with Crippen LogP contribution in [0.5, 0.6) is 0 Å². The largest absolute Gasteiger partial charge is 0.326 e. The van der Waals surface area contributed by atoms with Crippen LogP contribution in [0, 0.1) is 13.8 Å². The van der Waals surface area contributed by atoms with Gasteiger partial charge in [0.1, 0.15) is 0 Å². The Labute approximate surface area is 128 Å². The molecule has 4 nitrogen and oxygen atoms in total. The minimum Gasteiger partial charge on any atom is -0.326 e. The molecule has 1 aliphatic rings. The minimum absolute atomic E-state index is 0.00336. The van der Waals surface area contributed by atoms with Gasteiger partial charge in [-0.25, -0.2) is 4.98 Å². The number of aryl methyl sites for hydroxylation is 3. The molecule has 1 aliphatic carbocycles. The first-order chi connectivity index (χ1) is 10.0. The lowest BCUT2D eigenvalue weighted by Crippen LogP contribution is -2.29. The highest BCUT2D eigenvalue weighted by Gasteiger charge is 2.23. The summed E-state index contributed by atoms with van der Waals surface area (Å²) < 4.78 is 0. The molecule has 2 unspecified atom stereocenters. The third-order valence-corrected chi connectivity index (χ3v) is 5.37. The van der Waals surface area contributed by atoms with Gasteiger partial charge < -0.3 is 10.3 Å². The van der Waals surface area contributed by atoms with Gasteiger partial charge in [-0.1, -0.05) is 6.07 Å². The maximum absolute atomic E-state index is 11.5. The molecule has 0 bridgehead atoms. The maximum atomic E-state index is 11.5. The van der Waals surface area contributed by atoms with Gasteiger partial charge in [-0.05, 0) is 45.6 Å². The monoisotopic (exact) mass is 303 g/mol. The van der Waals surface area contributed by atoms with Gasteiger partial charge in [0.2, 0.25) is 5.56 Å². The van der Waals surface area contributed by atoms with Crippen molar-refractivity contribution >= 4 is 11.3 Å². The average Bonchev–Trinajstić information content (AvgIpc) is 2.77. The predicted octanol–water partition coefficient (Wildman–Crippen LogP) is 3.18. The number of nitrogens with one attached hydrogen (secondary N) is 2. The molecular formula is C16H21N3OS. The molecule has 0 aromatic carbocycles. The minimum atomic E-state index is -0.00336. The van der Waals surface area contributed by atoms with E-state index in [1.807, 2.05) is 6.07 Å². The van der Waals surface area contributed by atoms with Gasteiger partial charge >= 0.3 is 0 Å². The Hall–Kier alpha value is -1.46. The fourth-order valence-corrected chi connectivity index (χ4v) is 4.14. The van der Waals surface area contributed by atoms with Gasteiger partial charge in [0.15, 0.2) is 0 Å². The van der Waals surface area contributed by atoms with Crippen molar-refractivity contribution < 1.29 is 0 Å². The first-order valence-electron chi connectivity index (χ1n) is 7.46. The van der Waals surface area contributed by atoms with Gasteiger partial charge in [0.05, 0.1) is 10.7 Å². The summed E-state index contributed by atoms with van der Waals surface area (Å²) in [5, 5.41) is 4.83. The van der Waals surface area contributed by atoms with E-state index in [9.17, 15) is 4.79 Å². The molecule has 3 rings (SSSR count). The van der Waals surface area contributed by atoms with E-state index in [-0.39, 0.29) is 11.6 Å². The zero-order valence-electron chi connectivity index (χ0n) is 12.7. The fourth-order valence-electron chi connectivity index (χ4n) is 3.20. The molecule has 0 aliphatic heterocycles. The summed E-state index contributed by atoms with van der Waals surface area (Å²) >= 11 is 1.76. The molecule has 0 spiro atoms. The Balaban J connectivity index is 1.83. The van der Waals surface area contributed by atoms with Crippen LogP contribution in [0.3, 0.4) is 0 Å². The zero-order chi connectivity index (χ0) is 15.0. The highest BCUT2D eigenvalue weighted by molar-refractivity contribution is 7.11. The highest BCUT2D eigenvalue weighted by atomic mass is 32.1. The van der Waals surface area contributed by atoms with Gasteiger partial charge in [-0.2, -0.15) is 0 Å². The Morgan fingerprint density at radius 2 is 2.24 bits per heavy atom. The van der Waals surface area contributed by atoms with E-state index in [1.165, 1.54) is 10.4 Å². The van der Waals surface area contributed by atoms with Crippen LogP contribution in [0.1, 0.15) is 58.7 Å². The highest BCUT2D eigenvalue weighted by Crippen LogP contribution is 2.32. The summed E-state index contributed by atoms with van der Waals surface area (Å²) in [5.74, 6) is 0. The summed E-state index contributed by atoms with van der Waals surface area (Å²) in [7, 11) is 0. The van der Waals surface area contributed by atoms with Gasteiger partial charge in [0, 0.05) is 28.7 Å². The van der Waals surface area contributed by atoms with E-state index >= 15 is 0 Å². The van der Waals surface area contributed by atoms with E-state index in [2.05, 4.69) is 36.1 Å². The molecule has 21 heavy (non-hydrogen) atoms. The summed E-state index contributed by atoms with van der Waals surface area (Å²) in [5.41, 5.74) is 3.45. The number of H-pyrrole nitrogens is 1. The van der Waals surface area contributed by atoms with E-state index < -0.39 is 0 Å². The number of hydrogen-bond acceptors (Lipinski definition) is 4. The lowest BCUT2D eigenvalue weighted by Gasteiger charge is -2.28. The molecule has 5 heteroatoms. The van der Waals surface area contributed by atoms with Crippen LogP contribution in [0.2, 0.25) is 0 Å². The second kappa shape index (κ2) is 5.73. The lowest BCUT2D eigenvalue weighted by atomic mass is 9.90. The third-order valence-electron chi connectivity index (χ3n) is 4.12. The number of pyridine rings is 1. The third kappa shape index (κ3) is 2.94. The quantitative estimate of drug-likeness (QED) is 0.915. The predicted molar refractivity (Wildman–Crippen MR) is 85.9 cm³/mol. The van der Waals surface area contributed by atoms with Crippen LogP contribution in [-0.4, -0.2) is 9.97 Å². The lowest BCUT2D eigenvalue weighted by molar-refractivity contribution is 0.413. The van der Waals surface area contributed by atoms with Crippen LogP contribution >= 0.6 is 11.3 Å². The van der Waals surface area contributed by atoms with E-state index in [0.29, 0.717) is 6.04 Å². The topological polar surface area (TPSA) is 57.8 Å². The summed E-state index contributed by atoms with van der Waals surface area (Å²) in [6.45, 7) is 6.32. The number of hydrogen-bond donors (Lipinski definition) is 2. The number of aromatic amines is 1. The van der Waals surface area contributed by atoms with Crippen LogP contribution in [0.15, 0.2) is 16.9 Å². The van der Waals surface area contributed by atoms with Gasteiger partial charge in [0.25, 0.3) is 0 Å². The molecule has 112 valence electrons. The maximum Gasteiger partial charge on any atom is 0.248 e. The number of aromatic nitrogens is 2. The van der Waals surface area contributed by atoms with E-state index in [1.54, 1.807) is 17.4 Å². The van der Waals surface area contributed by atoms with Crippen LogP contribution in [0.25, 0.3) is 0 Å². The summed E-state index contributed by atoms with van der Waals surface area (Å²) in [4.78, 5) is 20.3. The molecule has 0 amide bonds. The van der Waals surface area contributed by atoms with Crippen molar-refractivity contribution in [2.75, 3.05) is 0 Å². The Morgan fingerprint density at radius 1 is 1.43 bits per heavy atom. The van der Waals surface area contributed by atoms with Crippen molar-refractivity contribution in [1.29, 1.82) is 0 Å². The Kier molecular flexibility index (Phi) is 3.95. The van der Waals surface area contributed by atoms with Crippen LogP contribution in [0.4, 0.5) is 0 Å². The molecule has 2 atom stereocenters. The number of fused-ring (bicyclic) bond motifs is 1. The standard InChI is InChI=1S/C16H21N3OS/c1-9-16(21-11(3)17-9)10(2)18-13-5-4-6-14-12(13)7-8-15(20)19-14/h7-8,10,13,18H,4-6H2,1-3H3,(H,19,20). The summed E-state index contributed by atoms with van der Waals surface area (Å²) in [6, 6.07) is 4.19. The van der Waals surface area contributed by atoms with Crippen molar-refractivity contribution in [2.24, 2.45) is 0 Å². The second-order valence-corrected chi connectivity index (χ2v) is 7.01. The van der Waals surface area contributed by atoms with E-state index in [0.717, 1.165) is 35.7 Å². The molecule has 2 aromatic rings. The van der Waals surface area contributed by atoms with E-state index in [4.69, 9.17) is 0 Å². The summed E-state index contributed by atoms with van der Waals surface area (Å²) in [6.07, 6.45) is 3.19. The first-order valence-corrected chi connectivity index (χ1v) is 8.28. The number of nitrogens with zero attached hydrogens (tertiary/aromatic N) is 1. The van der Waals surface area contributed by atoms with Crippen LogP contribution in [-0.2, 0) is 6.42 Å². The number of rotatable bonds is 3. The molecule has 0 fully saturated rings. The zero-order valence-corrected chi connectivity index (χ0v) is 13.5. The normalized spacial score (nSPS) is 19.3. The smallest absolute Gasteiger partial charge is 0.248 e. The Morgan fingerprint density at radius 3 is 2.95 bits per heavy atom. The van der Waals surface area contributed by atoms with Crippen molar-refractivity contribution in [3.8, 4) is 0 Å². The molecule has 2 aromatic heterocycles. The van der Waals surface area contributed by atoms with Crippen molar-refractivity contribution in [3.05, 3.63) is 49.3 Å². The van der Waals surface area contributed by atoms with Crippen molar-refractivity contribution in [2.45, 2.75) is 52.1 Å². The second-order valence-electron chi connectivity index (χ2n) is 5.77. The Bertz CT molecular complexity index is 704. The first kappa shape index (κ1) is 14.5. The molecule has 2 heterocycles. The molecule has 0 radical (unpaired) electrons. The molecule has 0 saturated carbocycles. The van der Waals surface area contributed by atoms with Crippen LogP contribution < -0.4 is 10.9 Å². The SMILES string of the molecule is Cc1nc(C)c(C(C)NC2CCCc3[nH]c(=O)ccc32)s1. The van der Waals surface area contributed by atoms with Gasteiger partial charge in [-0.3, -0.25) is 4.79 Å². The average molecular weight is 303 g/mol. The van der Waals surface area contributed by atoms with Gasteiger partial charge in [-0.15, -0.1) is 11.3 Å². The fraction of sp³-hybridized carbons (Fsp3) is 0.500.